The molecule has 2 atom stereocenters. The van der Waals surface area contributed by atoms with Crippen LogP contribution in [0.4, 0.5) is 0 Å². The number of rotatable bonds is 4. The summed E-state index contributed by atoms with van der Waals surface area (Å²) in [5.41, 5.74) is 0. The standard InChI is InChI=1S/C17H29N3O2/c1-19-9-3-2-6-15(19)17(22)20-10-4-5-14(12-20)16(21)18-11-13-7-8-13/h13-15H,2-12H2,1H3,(H,18,21)/t14?,15-/m0/s1. The van der Waals surface area contributed by atoms with Crippen LogP contribution in [0.5, 0.6) is 0 Å². The van der Waals surface area contributed by atoms with E-state index < -0.39 is 0 Å². The van der Waals surface area contributed by atoms with Crippen molar-refractivity contribution in [3.05, 3.63) is 0 Å². The third-order valence-corrected chi connectivity index (χ3v) is 5.42. The number of nitrogens with one attached hydrogen (secondary N) is 1. The quantitative estimate of drug-likeness (QED) is 0.850. The van der Waals surface area contributed by atoms with E-state index in [9.17, 15) is 9.59 Å². The maximum absolute atomic E-state index is 12.8. The van der Waals surface area contributed by atoms with Crippen LogP contribution >= 0.6 is 0 Å². The number of hydrogen-bond donors (Lipinski definition) is 1. The molecule has 5 nitrogen and oxygen atoms in total. The molecule has 0 aromatic carbocycles. The molecule has 2 saturated heterocycles. The van der Waals surface area contributed by atoms with Gasteiger partial charge in [-0.25, -0.2) is 0 Å². The maximum atomic E-state index is 12.8. The maximum Gasteiger partial charge on any atom is 0.239 e. The molecule has 22 heavy (non-hydrogen) atoms. The zero-order valence-electron chi connectivity index (χ0n) is 13.7. The van der Waals surface area contributed by atoms with Gasteiger partial charge in [0.15, 0.2) is 0 Å². The summed E-state index contributed by atoms with van der Waals surface area (Å²) in [4.78, 5) is 29.2. The summed E-state index contributed by atoms with van der Waals surface area (Å²) < 4.78 is 0. The molecule has 3 fully saturated rings. The summed E-state index contributed by atoms with van der Waals surface area (Å²) in [6, 6.07) is 0.0297. The van der Waals surface area contributed by atoms with Crippen LogP contribution in [0, 0.1) is 11.8 Å². The van der Waals surface area contributed by atoms with Crippen molar-refractivity contribution in [1.29, 1.82) is 0 Å². The van der Waals surface area contributed by atoms with Crippen molar-refractivity contribution in [2.75, 3.05) is 33.2 Å². The predicted octanol–water partition coefficient (Wildman–Crippen LogP) is 1.24. The number of amides is 2. The molecule has 3 rings (SSSR count). The molecule has 124 valence electrons. The van der Waals surface area contributed by atoms with Crippen LogP contribution in [-0.4, -0.2) is 60.9 Å². The van der Waals surface area contributed by atoms with Crippen molar-refractivity contribution in [3.8, 4) is 0 Å². The summed E-state index contributed by atoms with van der Waals surface area (Å²) in [5, 5.41) is 3.07. The van der Waals surface area contributed by atoms with Crippen molar-refractivity contribution in [3.63, 3.8) is 0 Å². The molecular weight excluding hydrogens is 278 g/mol. The molecule has 1 saturated carbocycles. The minimum atomic E-state index is -0.00894. The van der Waals surface area contributed by atoms with Crippen LogP contribution in [0.1, 0.15) is 44.9 Å². The Labute approximate surface area is 133 Å². The van der Waals surface area contributed by atoms with E-state index in [1.807, 2.05) is 11.9 Å². The number of carbonyl (C=O) groups excluding carboxylic acids is 2. The van der Waals surface area contributed by atoms with Crippen LogP contribution in [-0.2, 0) is 9.59 Å². The molecule has 1 aliphatic carbocycles. The molecule has 0 radical (unpaired) electrons. The largest absolute Gasteiger partial charge is 0.356 e. The first-order chi connectivity index (χ1) is 10.6. The summed E-state index contributed by atoms with van der Waals surface area (Å²) >= 11 is 0. The Hall–Kier alpha value is -1.10. The summed E-state index contributed by atoms with van der Waals surface area (Å²) in [5.74, 6) is 1.09. The monoisotopic (exact) mass is 307 g/mol. The molecule has 5 heteroatoms. The first-order valence-electron chi connectivity index (χ1n) is 8.92. The molecule has 2 aliphatic heterocycles. The topological polar surface area (TPSA) is 52.7 Å². The van der Waals surface area contributed by atoms with E-state index in [1.54, 1.807) is 0 Å². The lowest BCUT2D eigenvalue weighted by Gasteiger charge is -2.38. The van der Waals surface area contributed by atoms with Crippen molar-refractivity contribution in [2.45, 2.75) is 51.0 Å². The van der Waals surface area contributed by atoms with Crippen molar-refractivity contribution in [1.82, 2.24) is 15.1 Å². The van der Waals surface area contributed by atoms with E-state index in [4.69, 9.17) is 0 Å². The molecule has 0 aromatic rings. The summed E-state index contributed by atoms with van der Waals surface area (Å²) in [7, 11) is 2.05. The molecule has 3 aliphatic rings. The Kier molecular flexibility index (Phi) is 5.01. The smallest absolute Gasteiger partial charge is 0.239 e. The highest BCUT2D eigenvalue weighted by atomic mass is 16.2. The Morgan fingerprint density at radius 2 is 1.86 bits per heavy atom. The van der Waals surface area contributed by atoms with Crippen LogP contribution in [0.15, 0.2) is 0 Å². The zero-order valence-corrected chi connectivity index (χ0v) is 13.7. The van der Waals surface area contributed by atoms with Gasteiger partial charge in [0.25, 0.3) is 0 Å². The van der Waals surface area contributed by atoms with E-state index in [0.29, 0.717) is 12.5 Å². The zero-order chi connectivity index (χ0) is 15.5. The SMILES string of the molecule is CN1CCCC[C@H]1C(=O)N1CCCC(C(=O)NCC2CC2)C1. The third-order valence-electron chi connectivity index (χ3n) is 5.42. The molecule has 2 heterocycles. The van der Waals surface area contributed by atoms with E-state index in [2.05, 4.69) is 10.2 Å². The minimum Gasteiger partial charge on any atom is -0.356 e. The van der Waals surface area contributed by atoms with E-state index in [-0.39, 0.29) is 23.8 Å². The molecule has 2 amide bonds. The number of likely N-dealkylation sites (N-methyl/N-ethyl adjacent to an activating group) is 1. The number of carbonyl (C=O) groups is 2. The van der Waals surface area contributed by atoms with Gasteiger partial charge in [0.1, 0.15) is 0 Å². The Morgan fingerprint density at radius 3 is 2.59 bits per heavy atom. The number of nitrogens with zero attached hydrogens (tertiary/aromatic N) is 2. The fourth-order valence-electron chi connectivity index (χ4n) is 3.70. The van der Waals surface area contributed by atoms with Crippen LogP contribution in [0.2, 0.25) is 0 Å². The van der Waals surface area contributed by atoms with Gasteiger partial charge in [-0.15, -0.1) is 0 Å². The van der Waals surface area contributed by atoms with Crippen molar-refractivity contribution < 1.29 is 9.59 Å². The van der Waals surface area contributed by atoms with Gasteiger partial charge in [-0.2, -0.15) is 0 Å². The van der Waals surface area contributed by atoms with Gasteiger partial charge >= 0.3 is 0 Å². The van der Waals surface area contributed by atoms with Crippen LogP contribution < -0.4 is 5.32 Å². The van der Waals surface area contributed by atoms with Gasteiger partial charge in [-0.1, -0.05) is 6.42 Å². The van der Waals surface area contributed by atoms with Crippen LogP contribution in [0.25, 0.3) is 0 Å². The second-order valence-corrected chi connectivity index (χ2v) is 7.30. The molecule has 0 spiro atoms. The average molecular weight is 307 g/mol. The molecule has 1 N–H and O–H groups in total. The highest BCUT2D eigenvalue weighted by Gasteiger charge is 2.34. The third kappa shape index (κ3) is 3.80. The molecule has 0 aromatic heterocycles. The number of hydrogen-bond acceptors (Lipinski definition) is 3. The highest BCUT2D eigenvalue weighted by Crippen LogP contribution is 2.28. The summed E-state index contributed by atoms with van der Waals surface area (Å²) in [6.07, 6.45) is 7.66. The molecule has 1 unspecified atom stereocenters. The predicted molar refractivity (Wildman–Crippen MR) is 85.3 cm³/mol. The van der Waals surface area contributed by atoms with Crippen molar-refractivity contribution in [2.24, 2.45) is 11.8 Å². The second-order valence-electron chi connectivity index (χ2n) is 7.30. The van der Waals surface area contributed by atoms with Gasteiger partial charge in [0, 0.05) is 19.6 Å². The minimum absolute atomic E-state index is 0.00894. The average Bonchev–Trinajstić information content (AvgIpc) is 3.37. The van der Waals surface area contributed by atoms with E-state index in [0.717, 1.165) is 45.3 Å². The van der Waals surface area contributed by atoms with Gasteiger partial charge in [0.2, 0.25) is 11.8 Å². The fraction of sp³-hybridized carbons (Fsp3) is 0.882. The van der Waals surface area contributed by atoms with Crippen molar-refractivity contribution >= 4 is 11.8 Å². The normalized spacial score (nSPS) is 30.1. The Bertz CT molecular complexity index is 422. The summed E-state index contributed by atoms with van der Waals surface area (Å²) in [6.45, 7) is 3.26. The second kappa shape index (κ2) is 6.99. The molecule has 0 bridgehead atoms. The number of piperidine rings is 2. The van der Waals surface area contributed by atoms with Gasteiger partial charge in [-0.3, -0.25) is 14.5 Å². The van der Waals surface area contributed by atoms with Gasteiger partial charge < -0.3 is 10.2 Å². The molecular formula is C17H29N3O2. The Morgan fingerprint density at radius 1 is 1.05 bits per heavy atom. The number of likely N-dealkylation sites (tertiary alicyclic amines) is 2. The lowest BCUT2D eigenvalue weighted by atomic mass is 9.95. The highest BCUT2D eigenvalue weighted by molar-refractivity contribution is 5.84. The lowest BCUT2D eigenvalue weighted by molar-refractivity contribution is -0.141. The van der Waals surface area contributed by atoms with Gasteiger partial charge in [0.05, 0.1) is 12.0 Å². The first kappa shape index (κ1) is 15.8. The Balaban J connectivity index is 1.52. The van der Waals surface area contributed by atoms with Crippen LogP contribution in [0.3, 0.4) is 0 Å². The lowest BCUT2D eigenvalue weighted by Crippen LogP contribution is -2.53. The van der Waals surface area contributed by atoms with Gasteiger partial charge in [-0.05, 0) is 58.0 Å². The fourth-order valence-corrected chi connectivity index (χ4v) is 3.70. The van der Waals surface area contributed by atoms with E-state index in [1.165, 1.54) is 19.3 Å². The van der Waals surface area contributed by atoms with E-state index >= 15 is 0 Å². The first-order valence-corrected chi connectivity index (χ1v) is 8.92.